The molecule has 5 nitrogen and oxygen atoms in total. The number of hydrogen-bond acceptors (Lipinski definition) is 4. The van der Waals surface area contributed by atoms with E-state index >= 15 is 0 Å². The van der Waals surface area contributed by atoms with Crippen LogP contribution < -0.4 is 0 Å². The summed E-state index contributed by atoms with van der Waals surface area (Å²) in [5, 5.41) is 8.31. The zero-order valence-electron chi connectivity index (χ0n) is 12.5. The number of nitrogens with zero attached hydrogens (tertiary/aromatic N) is 4. The van der Waals surface area contributed by atoms with E-state index in [0.717, 1.165) is 22.4 Å². The summed E-state index contributed by atoms with van der Waals surface area (Å²) in [4.78, 5) is 4.50. The van der Waals surface area contributed by atoms with Crippen molar-refractivity contribution in [3.05, 3.63) is 66.9 Å². The summed E-state index contributed by atoms with van der Waals surface area (Å²) in [6.07, 6.45) is 1.78. The summed E-state index contributed by atoms with van der Waals surface area (Å²) in [6.45, 7) is 0. The standard InChI is InChI=1S/C18H14N4O/c1-22-16(10-11-19-22)14-8-5-9-15(12-14)17-20-18(23-21-17)13-6-3-2-4-7-13/h2-12H,1H3. The van der Waals surface area contributed by atoms with E-state index < -0.39 is 0 Å². The summed E-state index contributed by atoms with van der Waals surface area (Å²) in [6, 6.07) is 19.8. The van der Waals surface area contributed by atoms with Crippen LogP contribution in [-0.4, -0.2) is 19.9 Å². The molecule has 0 amide bonds. The van der Waals surface area contributed by atoms with Gasteiger partial charge in [0.1, 0.15) is 0 Å². The second-order valence-electron chi connectivity index (χ2n) is 5.21. The van der Waals surface area contributed by atoms with Crippen LogP contribution in [0.5, 0.6) is 0 Å². The van der Waals surface area contributed by atoms with Gasteiger partial charge in [-0.2, -0.15) is 10.1 Å². The molecule has 0 aliphatic heterocycles. The van der Waals surface area contributed by atoms with Gasteiger partial charge in [0.15, 0.2) is 0 Å². The Balaban J connectivity index is 1.72. The highest BCUT2D eigenvalue weighted by atomic mass is 16.5. The Bertz CT molecular complexity index is 940. The van der Waals surface area contributed by atoms with E-state index in [1.807, 2.05) is 72.4 Å². The Morgan fingerprint density at radius 3 is 2.43 bits per heavy atom. The second-order valence-corrected chi connectivity index (χ2v) is 5.21. The number of benzene rings is 2. The molecule has 0 aliphatic carbocycles. The van der Waals surface area contributed by atoms with Gasteiger partial charge in [0.2, 0.25) is 5.82 Å². The maximum atomic E-state index is 5.38. The molecule has 2 aromatic heterocycles. The average molecular weight is 302 g/mol. The molecule has 4 rings (SSSR count). The van der Waals surface area contributed by atoms with Crippen LogP contribution in [0.4, 0.5) is 0 Å². The molecule has 2 aromatic carbocycles. The van der Waals surface area contributed by atoms with Crippen molar-refractivity contribution in [1.82, 2.24) is 19.9 Å². The van der Waals surface area contributed by atoms with E-state index in [9.17, 15) is 0 Å². The highest BCUT2D eigenvalue weighted by molar-refractivity contribution is 5.68. The summed E-state index contributed by atoms with van der Waals surface area (Å²) in [5.41, 5.74) is 3.93. The van der Waals surface area contributed by atoms with Gasteiger partial charge in [-0.25, -0.2) is 0 Å². The molecule has 23 heavy (non-hydrogen) atoms. The van der Waals surface area contributed by atoms with Gasteiger partial charge in [-0.1, -0.05) is 41.6 Å². The van der Waals surface area contributed by atoms with Crippen LogP contribution in [0.1, 0.15) is 0 Å². The maximum absolute atomic E-state index is 5.38. The van der Waals surface area contributed by atoms with E-state index in [1.54, 1.807) is 6.20 Å². The Kier molecular flexibility index (Phi) is 3.24. The quantitative estimate of drug-likeness (QED) is 0.577. The Labute approximate surface area is 133 Å². The van der Waals surface area contributed by atoms with Gasteiger partial charge < -0.3 is 4.52 Å². The minimum atomic E-state index is 0.520. The highest BCUT2D eigenvalue weighted by Crippen LogP contribution is 2.26. The Morgan fingerprint density at radius 1 is 0.870 bits per heavy atom. The molecule has 0 unspecified atom stereocenters. The van der Waals surface area contributed by atoms with Crippen molar-refractivity contribution in [2.45, 2.75) is 0 Å². The molecule has 2 heterocycles. The van der Waals surface area contributed by atoms with Crippen molar-refractivity contribution < 1.29 is 4.52 Å². The van der Waals surface area contributed by atoms with Gasteiger partial charge in [-0.15, -0.1) is 0 Å². The first kappa shape index (κ1) is 13.5. The van der Waals surface area contributed by atoms with Crippen LogP contribution in [0.3, 0.4) is 0 Å². The second kappa shape index (κ2) is 5.53. The largest absolute Gasteiger partial charge is 0.334 e. The molecule has 0 fully saturated rings. The third kappa shape index (κ3) is 2.53. The van der Waals surface area contributed by atoms with E-state index in [1.165, 1.54) is 0 Å². The molecule has 0 saturated heterocycles. The SMILES string of the molecule is Cn1nccc1-c1cccc(-c2noc(-c3ccccc3)n2)c1. The predicted octanol–water partition coefficient (Wildman–Crippen LogP) is 3.80. The van der Waals surface area contributed by atoms with Gasteiger partial charge in [-0.3, -0.25) is 4.68 Å². The first-order valence-corrected chi connectivity index (χ1v) is 7.29. The lowest BCUT2D eigenvalue weighted by molar-refractivity contribution is 0.432. The Hall–Kier alpha value is -3.21. The zero-order valence-corrected chi connectivity index (χ0v) is 12.5. The van der Waals surface area contributed by atoms with Crippen LogP contribution >= 0.6 is 0 Å². The number of aromatic nitrogens is 4. The molecule has 0 aliphatic rings. The molecular weight excluding hydrogens is 288 g/mol. The van der Waals surface area contributed by atoms with E-state index in [2.05, 4.69) is 15.2 Å². The predicted molar refractivity (Wildman–Crippen MR) is 87.4 cm³/mol. The summed E-state index contributed by atoms with van der Waals surface area (Å²) < 4.78 is 7.22. The molecule has 4 aromatic rings. The lowest BCUT2D eigenvalue weighted by Crippen LogP contribution is -1.93. The van der Waals surface area contributed by atoms with Gasteiger partial charge in [0, 0.05) is 29.9 Å². The smallest absolute Gasteiger partial charge is 0.258 e. The topological polar surface area (TPSA) is 56.7 Å². The molecular formula is C18H14N4O. The summed E-state index contributed by atoms with van der Waals surface area (Å²) in [7, 11) is 1.92. The number of aryl methyl sites for hydroxylation is 1. The lowest BCUT2D eigenvalue weighted by atomic mass is 10.1. The fourth-order valence-electron chi connectivity index (χ4n) is 2.51. The minimum absolute atomic E-state index is 0.520. The van der Waals surface area contributed by atoms with E-state index in [4.69, 9.17) is 4.52 Å². The molecule has 0 spiro atoms. The summed E-state index contributed by atoms with van der Waals surface area (Å²) in [5.74, 6) is 1.10. The van der Waals surface area contributed by atoms with Crippen molar-refractivity contribution in [2.24, 2.45) is 7.05 Å². The van der Waals surface area contributed by atoms with Gasteiger partial charge >= 0.3 is 0 Å². The molecule has 0 N–H and O–H groups in total. The monoisotopic (exact) mass is 302 g/mol. The van der Waals surface area contributed by atoms with Crippen molar-refractivity contribution in [3.8, 4) is 34.1 Å². The first-order chi connectivity index (χ1) is 11.3. The highest BCUT2D eigenvalue weighted by Gasteiger charge is 2.11. The molecule has 112 valence electrons. The van der Waals surface area contributed by atoms with Crippen molar-refractivity contribution in [3.63, 3.8) is 0 Å². The fourth-order valence-corrected chi connectivity index (χ4v) is 2.51. The molecule has 0 bridgehead atoms. The van der Waals surface area contributed by atoms with Crippen molar-refractivity contribution >= 4 is 0 Å². The molecule has 5 heteroatoms. The normalized spacial score (nSPS) is 10.8. The number of hydrogen-bond donors (Lipinski definition) is 0. The molecule has 0 saturated carbocycles. The third-order valence-corrected chi connectivity index (χ3v) is 3.68. The van der Waals surface area contributed by atoms with Gasteiger partial charge in [0.05, 0.1) is 5.69 Å². The van der Waals surface area contributed by atoms with E-state index in [0.29, 0.717) is 11.7 Å². The minimum Gasteiger partial charge on any atom is -0.334 e. The first-order valence-electron chi connectivity index (χ1n) is 7.29. The Morgan fingerprint density at radius 2 is 1.65 bits per heavy atom. The summed E-state index contributed by atoms with van der Waals surface area (Å²) >= 11 is 0. The van der Waals surface area contributed by atoms with E-state index in [-0.39, 0.29) is 0 Å². The van der Waals surface area contributed by atoms with Gasteiger partial charge in [-0.05, 0) is 24.3 Å². The van der Waals surface area contributed by atoms with Crippen LogP contribution in [0.2, 0.25) is 0 Å². The fraction of sp³-hybridized carbons (Fsp3) is 0.0556. The third-order valence-electron chi connectivity index (χ3n) is 3.68. The van der Waals surface area contributed by atoms with Gasteiger partial charge in [0.25, 0.3) is 5.89 Å². The maximum Gasteiger partial charge on any atom is 0.258 e. The van der Waals surface area contributed by atoms with Crippen LogP contribution in [-0.2, 0) is 7.05 Å². The van der Waals surface area contributed by atoms with Crippen LogP contribution in [0.25, 0.3) is 34.1 Å². The lowest BCUT2D eigenvalue weighted by Gasteiger charge is -2.03. The zero-order chi connectivity index (χ0) is 15.6. The van der Waals surface area contributed by atoms with Crippen molar-refractivity contribution in [1.29, 1.82) is 0 Å². The van der Waals surface area contributed by atoms with Crippen LogP contribution in [0.15, 0.2) is 71.4 Å². The molecule has 0 radical (unpaired) electrons. The average Bonchev–Trinajstić information content (AvgIpc) is 3.25. The van der Waals surface area contributed by atoms with Crippen LogP contribution in [0, 0.1) is 0 Å². The number of rotatable bonds is 3. The van der Waals surface area contributed by atoms with Crippen molar-refractivity contribution in [2.75, 3.05) is 0 Å². The molecule has 0 atom stereocenters.